The van der Waals surface area contributed by atoms with E-state index in [1.807, 2.05) is 6.07 Å². The van der Waals surface area contributed by atoms with E-state index in [0.29, 0.717) is 5.92 Å². The van der Waals surface area contributed by atoms with Gasteiger partial charge < -0.3 is 5.73 Å². The molecule has 1 aliphatic rings. The quantitative estimate of drug-likeness (QED) is 0.628. The maximum absolute atomic E-state index is 10.7. The van der Waals surface area contributed by atoms with Crippen LogP contribution in [0.1, 0.15) is 31.7 Å². The molecule has 1 fully saturated rings. The van der Waals surface area contributed by atoms with Crippen LogP contribution in [0.4, 0.5) is 5.69 Å². The molecule has 0 radical (unpaired) electrons. The third kappa shape index (κ3) is 1.80. The van der Waals surface area contributed by atoms with Gasteiger partial charge >= 0.3 is 0 Å². The fourth-order valence-electron chi connectivity index (χ4n) is 2.42. The van der Waals surface area contributed by atoms with Gasteiger partial charge in [0.05, 0.1) is 4.92 Å². The van der Waals surface area contributed by atoms with E-state index in [1.54, 1.807) is 12.1 Å². The third-order valence-corrected chi connectivity index (χ3v) is 3.52. The number of hydrogen-bond donors (Lipinski definition) is 1. The first kappa shape index (κ1) is 11.1. The SMILES string of the molecule is CCC1CC(N)(c2cccc([N+](=O)[O-])c2)C1. The van der Waals surface area contributed by atoms with Gasteiger partial charge in [0.1, 0.15) is 0 Å². The summed E-state index contributed by atoms with van der Waals surface area (Å²) in [6.07, 6.45) is 3.00. The summed E-state index contributed by atoms with van der Waals surface area (Å²) >= 11 is 0. The molecular weight excluding hydrogens is 204 g/mol. The van der Waals surface area contributed by atoms with Crippen molar-refractivity contribution in [3.63, 3.8) is 0 Å². The molecule has 0 heterocycles. The topological polar surface area (TPSA) is 69.2 Å². The molecule has 0 aromatic heterocycles. The van der Waals surface area contributed by atoms with Crippen LogP contribution in [0, 0.1) is 16.0 Å². The molecule has 0 aliphatic heterocycles. The normalized spacial score (nSPS) is 28.5. The van der Waals surface area contributed by atoms with Crippen LogP contribution in [0.2, 0.25) is 0 Å². The zero-order valence-corrected chi connectivity index (χ0v) is 9.35. The Balaban J connectivity index is 2.22. The van der Waals surface area contributed by atoms with Gasteiger partial charge in [-0.25, -0.2) is 0 Å². The van der Waals surface area contributed by atoms with E-state index in [2.05, 4.69) is 6.92 Å². The number of rotatable bonds is 3. The van der Waals surface area contributed by atoms with Crippen molar-refractivity contribution in [2.45, 2.75) is 31.7 Å². The second-order valence-electron chi connectivity index (χ2n) is 4.65. The first-order valence-corrected chi connectivity index (χ1v) is 5.59. The Hall–Kier alpha value is -1.42. The molecule has 4 nitrogen and oxygen atoms in total. The summed E-state index contributed by atoms with van der Waals surface area (Å²) in [5.74, 6) is 0.671. The van der Waals surface area contributed by atoms with E-state index >= 15 is 0 Å². The van der Waals surface area contributed by atoms with Crippen molar-refractivity contribution in [1.29, 1.82) is 0 Å². The van der Waals surface area contributed by atoms with Crippen molar-refractivity contribution in [2.24, 2.45) is 11.7 Å². The van der Waals surface area contributed by atoms with Gasteiger partial charge in [0.2, 0.25) is 0 Å². The second kappa shape index (κ2) is 3.87. The summed E-state index contributed by atoms with van der Waals surface area (Å²) in [6.45, 7) is 2.15. The Kier molecular flexibility index (Phi) is 2.68. The summed E-state index contributed by atoms with van der Waals surface area (Å²) in [7, 11) is 0. The van der Waals surface area contributed by atoms with Crippen LogP contribution in [0.3, 0.4) is 0 Å². The largest absolute Gasteiger partial charge is 0.321 e. The van der Waals surface area contributed by atoms with Gasteiger partial charge in [0.25, 0.3) is 5.69 Å². The number of nitro groups is 1. The third-order valence-electron chi connectivity index (χ3n) is 3.52. The Bertz CT molecular complexity index is 411. The maximum Gasteiger partial charge on any atom is 0.269 e. The van der Waals surface area contributed by atoms with Crippen molar-refractivity contribution >= 4 is 5.69 Å². The molecule has 1 aromatic carbocycles. The van der Waals surface area contributed by atoms with Gasteiger partial charge in [-0.15, -0.1) is 0 Å². The molecule has 2 rings (SSSR count). The number of nitro benzene ring substituents is 1. The lowest BCUT2D eigenvalue weighted by atomic mass is 9.64. The summed E-state index contributed by atoms with van der Waals surface area (Å²) in [5.41, 5.74) is 6.92. The number of non-ortho nitro benzene ring substituents is 1. The van der Waals surface area contributed by atoms with Gasteiger partial charge in [-0.1, -0.05) is 25.5 Å². The van der Waals surface area contributed by atoms with E-state index in [9.17, 15) is 10.1 Å². The molecule has 16 heavy (non-hydrogen) atoms. The van der Waals surface area contributed by atoms with E-state index < -0.39 is 0 Å². The monoisotopic (exact) mass is 220 g/mol. The van der Waals surface area contributed by atoms with Crippen LogP contribution in [-0.4, -0.2) is 4.92 Å². The maximum atomic E-state index is 10.7. The number of nitrogens with zero attached hydrogens (tertiary/aromatic N) is 1. The smallest absolute Gasteiger partial charge is 0.269 e. The number of benzene rings is 1. The minimum atomic E-state index is -0.372. The van der Waals surface area contributed by atoms with Gasteiger partial charge in [-0.05, 0) is 24.3 Å². The summed E-state index contributed by atoms with van der Waals surface area (Å²) in [6, 6.07) is 6.70. The van der Waals surface area contributed by atoms with Crippen molar-refractivity contribution in [2.75, 3.05) is 0 Å². The summed E-state index contributed by atoms with van der Waals surface area (Å²) in [4.78, 5) is 10.3. The molecule has 0 unspecified atom stereocenters. The van der Waals surface area contributed by atoms with Crippen LogP contribution in [0.15, 0.2) is 24.3 Å². The predicted octanol–water partition coefficient (Wildman–Crippen LogP) is 2.57. The van der Waals surface area contributed by atoms with Gasteiger partial charge in [-0.2, -0.15) is 0 Å². The fraction of sp³-hybridized carbons (Fsp3) is 0.500. The van der Waals surface area contributed by atoms with Gasteiger partial charge in [0.15, 0.2) is 0 Å². The first-order valence-electron chi connectivity index (χ1n) is 5.59. The molecule has 2 N–H and O–H groups in total. The van der Waals surface area contributed by atoms with Crippen LogP contribution in [-0.2, 0) is 5.54 Å². The summed E-state index contributed by atoms with van der Waals surface area (Å²) in [5, 5.41) is 10.7. The number of nitrogens with two attached hydrogens (primary N) is 1. The lowest BCUT2D eigenvalue weighted by molar-refractivity contribution is -0.385. The lowest BCUT2D eigenvalue weighted by Gasteiger charge is -2.45. The Labute approximate surface area is 94.6 Å². The molecule has 0 bridgehead atoms. The summed E-state index contributed by atoms with van der Waals surface area (Å²) < 4.78 is 0. The minimum Gasteiger partial charge on any atom is -0.321 e. The molecule has 0 spiro atoms. The van der Waals surface area contributed by atoms with Crippen molar-refractivity contribution in [1.82, 2.24) is 0 Å². The van der Waals surface area contributed by atoms with Gasteiger partial charge in [0, 0.05) is 17.7 Å². The van der Waals surface area contributed by atoms with E-state index in [0.717, 1.165) is 24.8 Å². The Morgan fingerprint density at radius 2 is 2.25 bits per heavy atom. The zero-order chi connectivity index (χ0) is 11.8. The standard InChI is InChI=1S/C12H16N2O2/c1-2-9-7-12(13,8-9)10-4-3-5-11(6-10)14(15)16/h3-6,9H,2,7-8,13H2,1H3. The molecule has 0 saturated heterocycles. The van der Waals surface area contributed by atoms with E-state index in [4.69, 9.17) is 5.73 Å². The first-order chi connectivity index (χ1) is 7.55. The van der Waals surface area contributed by atoms with Crippen LogP contribution in [0.5, 0.6) is 0 Å². The van der Waals surface area contributed by atoms with Crippen molar-refractivity contribution < 1.29 is 4.92 Å². The highest BCUT2D eigenvalue weighted by Gasteiger charge is 2.41. The van der Waals surface area contributed by atoms with Gasteiger partial charge in [-0.3, -0.25) is 10.1 Å². The molecule has 1 saturated carbocycles. The van der Waals surface area contributed by atoms with Crippen LogP contribution < -0.4 is 5.73 Å². The van der Waals surface area contributed by atoms with Crippen molar-refractivity contribution in [3.8, 4) is 0 Å². The highest BCUT2D eigenvalue weighted by Crippen LogP contribution is 2.45. The van der Waals surface area contributed by atoms with Crippen molar-refractivity contribution in [3.05, 3.63) is 39.9 Å². The van der Waals surface area contributed by atoms with E-state index in [1.165, 1.54) is 6.07 Å². The zero-order valence-electron chi connectivity index (χ0n) is 9.35. The predicted molar refractivity (Wildman–Crippen MR) is 62.0 cm³/mol. The molecule has 0 atom stereocenters. The number of hydrogen-bond acceptors (Lipinski definition) is 3. The minimum absolute atomic E-state index is 0.127. The van der Waals surface area contributed by atoms with Crippen LogP contribution >= 0.6 is 0 Å². The lowest BCUT2D eigenvalue weighted by Crippen LogP contribution is -2.48. The highest BCUT2D eigenvalue weighted by atomic mass is 16.6. The molecule has 0 amide bonds. The molecule has 1 aromatic rings. The molecule has 4 heteroatoms. The highest BCUT2D eigenvalue weighted by molar-refractivity contribution is 5.39. The second-order valence-corrected chi connectivity index (χ2v) is 4.65. The molecule has 1 aliphatic carbocycles. The average molecular weight is 220 g/mol. The Morgan fingerprint density at radius 3 is 2.81 bits per heavy atom. The average Bonchev–Trinajstić information content (AvgIpc) is 2.24. The molecule has 86 valence electrons. The van der Waals surface area contributed by atoms with E-state index in [-0.39, 0.29) is 16.1 Å². The Morgan fingerprint density at radius 1 is 1.56 bits per heavy atom. The molecular formula is C12H16N2O2. The van der Waals surface area contributed by atoms with Crippen LogP contribution in [0.25, 0.3) is 0 Å². The fourth-order valence-corrected chi connectivity index (χ4v) is 2.42.